The normalized spacial score (nSPS) is 15.1. The molecule has 2 rings (SSSR count). The van der Waals surface area contributed by atoms with E-state index in [1.165, 1.54) is 12.8 Å². The van der Waals surface area contributed by atoms with E-state index in [1.807, 2.05) is 6.92 Å². The third-order valence-corrected chi connectivity index (χ3v) is 3.72. The number of nitrogens with zero attached hydrogens (tertiary/aromatic N) is 3. The van der Waals surface area contributed by atoms with Gasteiger partial charge in [-0.05, 0) is 19.8 Å². The summed E-state index contributed by atoms with van der Waals surface area (Å²) in [7, 11) is 1.73. The lowest BCUT2D eigenvalue weighted by molar-refractivity contribution is 0.204. The Hall–Kier alpha value is -1.40. The highest BCUT2D eigenvalue weighted by Crippen LogP contribution is 2.35. The van der Waals surface area contributed by atoms with Crippen LogP contribution in [0.4, 0.5) is 11.6 Å². The molecule has 1 fully saturated rings. The first kappa shape index (κ1) is 16.0. The standard InChI is InChI=1S/C15H27N5O/c1-10-12(19-16)17-14(15(2,3)4)18-13(10)20(8-9-21-5)11-6-7-11/h11H,6-9,16H2,1-5H3,(H,17,18,19). The number of anilines is 2. The number of nitrogens with two attached hydrogens (primary N) is 1. The van der Waals surface area contributed by atoms with E-state index in [-0.39, 0.29) is 5.41 Å². The lowest BCUT2D eigenvalue weighted by atomic mass is 9.95. The number of ether oxygens (including phenoxy) is 1. The Morgan fingerprint density at radius 2 is 2.00 bits per heavy atom. The Morgan fingerprint density at radius 3 is 2.48 bits per heavy atom. The minimum atomic E-state index is -0.121. The molecule has 6 heteroatoms. The van der Waals surface area contributed by atoms with E-state index >= 15 is 0 Å². The summed E-state index contributed by atoms with van der Waals surface area (Å²) in [6, 6.07) is 0.562. The molecule has 0 amide bonds. The highest BCUT2D eigenvalue weighted by molar-refractivity contribution is 5.59. The van der Waals surface area contributed by atoms with Crippen LogP contribution in [0.25, 0.3) is 0 Å². The van der Waals surface area contributed by atoms with Crippen molar-refractivity contribution >= 4 is 11.6 Å². The van der Waals surface area contributed by atoms with Gasteiger partial charge in [0.05, 0.1) is 6.61 Å². The topological polar surface area (TPSA) is 76.3 Å². The molecule has 1 aromatic heterocycles. The fourth-order valence-electron chi connectivity index (χ4n) is 2.30. The summed E-state index contributed by atoms with van der Waals surface area (Å²) in [5.41, 5.74) is 3.58. The van der Waals surface area contributed by atoms with Crippen molar-refractivity contribution in [2.45, 2.75) is 52.0 Å². The Balaban J connectivity index is 2.44. The smallest absolute Gasteiger partial charge is 0.148 e. The average molecular weight is 293 g/mol. The molecule has 0 saturated heterocycles. The van der Waals surface area contributed by atoms with E-state index in [1.54, 1.807) is 7.11 Å². The molecular weight excluding hydrogens is 266 g/mol. The highest BCUT2D eigenvalue weighted by atomic mass is 16.5. The first-order valence-electron chi connectivity index (χ1n) is 7.49. The van der Waals surface area contributed by atoms with Crippen LogP contribution in [0.5, 0.6) is 0 Å². The molecule has 6 nitrogen and oxygen atoms in total. The van der Waals surface area contributed by atoms with E-state index < -0.39 is 0 Å². The molecule has 0 unspecified atom stereocenters. The van der Waals surface area contributed by atoms with Gasteiger partial charge in [0, 0.05) is 30.7 Å². The molecule has 0 bridgehead atoms. The second-order valence-electron chi connectivity index (χ2n) is 6.66. The molecule has 0 aliphatic heterocycles. The predicted molar refractivity (Wildman–Crippen MR) is 85.5 cm³/mol. The molecule has 1 heterocycles. The number of hydrazine groups is 1. The Morgan fingerprint density at radius 1 is 1.33 bits per heavy atom. The van der Waals surface area contributed by atoms with Crippen LogP contribution in [-0.2, 0) is 10.2 Å². The summed E-state index contributed by atoms with van der Waals surface area (Å²) in [5, 5.41) is 0. The van der Waals surface area contributed by atoms with Crippen LogP contribution in [0, 0.1) is 6.92 Å². The summed E-state index contributed by atoms with van der Waals surface area (Å²) in [6.45, 7) is 9.87. The van der Waals surface area contributed by atoms with Crippen molar-refractivity contribution in [2.75, 3.05) is 30.6 Å². The quantitative estimate of drug-likeness (QED) is 0.617. The molecular formula is C15H27N5O. The van der Waals surface area contributed by atoms with E-state index in [0.29, 0.717) is 18.5 Å². The summed E-state index contributed by atoms with van der Waals surface area (Å²) in [5.74, 6) is 8.12. The second kappa shape index (κ2) is 6.15. The minimum Gasteiger partial charge on any atom is -0.383 e. The van der Waals surface area contributed by atoms with Crippen molar-refractivity contribution in [2.24, 2.45) is 5.84 Å². The van der Waals surface area contributed by atoms with Gasteiger partial charge >= 0.3 is 0 Å². The molecule has 1 saturated carbocycles. The van der Waals surface area contributed by atoms with Gasteiger partial charge in [-0.2, -0.15) is 0 Å². The fraction of sp³-hybridized carbons (Fsp3) is 0.733. The molecule has 1 aliphatic carbocycles. The maximum atomic E-state index is 5.64. The number of nitrogen functional groups attached to an aromatic ring is 1. The first-order chi connectivity index (χ1) is 9.88. The lowest BCUT2D eigenvalue weighted by Crippen LogP contribution is -2.33. The zero-order chi connectivity index (χ0) is 15.6. The molecule has 0 radical (unpaired) electrons. The number of rotatable bonds is 6. The van der Waals surface area contributed by atoms with Crippen LogP contribution in [-0.4, -0.2) is 36.3 Å². The van der Waals surface area contributed by atoms with E-state index in [9.17, 15) is 0 Å². The van der Waals surface area contributed by atoms with Crippen molar-refractivity contribution in [3.05, 3.63) is 11.4 Å². The lowest BCUT2D eigenvalue weighted by Gasteiger charge is -2.28. The van der Waals surface area contributed by atoms with Crippen LogP contribution < -0.4 is 16.2 Å². The summed E-state index contributed by atoms with van der Waals surface area (Å²) >= 11 is 0. The highest BCUT2D eigenvalue weighted by Gasteiger charge is 2.32. The van der Waals surface area contributed by atoms with Crippen LogP contribution in [0.1, 0.15) is 45.0 Å². The molecule has 118 valence electrons. The number of hydrogen-bond donors (Lipinski definition) is 2. The number of hydrogen-bond acceptors (Lipinski definition) is 6. The molecule has 3 N–H and O–H groups in total. The van der Waals surface area contributed by atoms with Gasteiger partial charge in [0.2, 0.25) is 0 Å². The molecule has 0 spiro atoms. The van der Waals surface area contributed by atoms with Crippen LogP contribution in [0.15, 0.2) is 0 Å². The molecule has 1 aliphatic rings. The SMILES string of the molecule is COCCN(c1nc(C(C)(C)C)nc(NN)c1C)C1CC1. The minimum absolute atomic E-state index is 0.121. The van der Waals surface area contributed by atoms with Crippen LogP contribution >= 0.6 is 0 Å². The van der Waals surface area contributed by atoms with E-state index in [4.69, 9.17) is 15.6 Å². The predicted octanol–water partition coefficient (Wildman–Crippen LogP) is 1.98. The Bertz CT molecular complexity index is 494. The van der Waals surface area contributed by atoms with Crippen molar-refractivity contribution in [3.8, 4) is 0 Å². The summed E-state index contributed by atoms with van der Waals surface area (Å²) in [6.07, 6.45) is 2.42. The third kappa shape index (κ3) is 3.63. The second-order valence-corrected chi connectivity index (χ2v) is 6.66. The zero-order valence-corrected chi connectivity index (χ0v) is 13.7. The molecule has 21 heavy (non-hydrogen) atoms. The largest absolute Gasteiger partial charge is 0.383 e. The first-order valence-corrected chi connectivity index (χ1v) is 7.49. The Kier molecular flexibility index (Phi) is 4.68. The molecule has 0 atom stereocenters. The summed E-state index contributed by atoms with van der Waals surface area (Å²) in [4.78, 5) is 11.7. The Labute approximate surface area is 127 Å². The van der Waals surface area contributed by atoms with Crippen molar-refractivity contribution in [1.29, 1.82) is 0 Å². The molecule has 0 aromatic carbocycles. The van der Waals surface area contributed by atoms with Crippen LogP contribution in [0.3, 0.4) is 0 Å². The van der Waals surface area contributed by atoms with Crippen molar-refractivity contribution < 1.29 is 4.74 Å². The summed E-state index contributed by atoms with van der Waals surface area (Å²) < 4.78 is 5.24. The van der Waals surface area contributed by atoms with Crippen LogP contribution in [0.2, 0.25) is 0 Å². The van der Waals surface area contributed by atoms with Crippen molar-refractivity contribution in [1.82, 2.24) is 9.97 Å². The maximum absolute atomic E-state index is 5.64. The van der Waals surface area contributed by atoms with Gasteiger partial charge in [-0.25, -0.2) is 15.8 Å². The number of aromatic nitrogens is 2. The molecule has 1 aromatic rings. The van der Waals surface area contributed by atoms with E-state index in [0.717, 1.165) is 23.8 Å². The van der Waals surface area contributed by atoms with Gasteiger partial charge in [0.1, 0.15) is 17.5 Å². The third-order valence-electron chi connectivity index (χ3n) is 3.72. The van der Waals surface area contributed by atoms with Crippen molar-refractivity contribution in [3.63, 3.8) is 0 Å². The van der Waals surface area contributed by atoms with Gasteiger partial charge in [0.15, 0.2) is 0 Å². The van der Waals surface area contributed by atoms with E-state index in [2.05, 4.69) is 36.1 Å². The maximum Gasteiger partial charge on any atom is 0.148 e. The van der Waals surface area contributed by atoms with Gasteiger partial charge in [0.25, 0.3) is 0 Å². The van der Waals surface area contributed by atoms with Gasteiger partial charge in [-0.1, -0.05) is 20.8 Å². The monoisotopic (exact) mass is 293 g/mol. The number of methoxy groups -OCH3 is 1. The fourth-order valence-corrected chi connectivity index (χ4v) is 2.30. The van der Waals surface area contributed by atoms with Gasteiger partial charge in [-0.3, -0.25) is 0 Å². The van der Waals surface area contributed by atoms with Gasteiger partial charge in [-0.15, -0.1) is 0 Å². The average Bonchev–Trinajstić information content (AvgIpc) is 3.24. The van der Waals surface area contributed by atoms with Gasteiger partial charge < -0.3 is 15.1 Å². The zero-order valence-electron chi connectivity index (χ0n) is 13.7. The number of nitrogens with one attached hydrogen (secondary N) is 1.